The summed E-state index contributed by atoms with van der Waals surface area (Å²) in [6, 6.07) is 9.64. The Morgan fingerprint density at radius 2 is 2.00 bits per heavy atom. The number of nitrogens with one attached hydrogen (secondary N) is 1. The maximum Gasteiger partial charge on any atom is 0.259 e. The molecule has 0 aliphatic heterocycles. The second-order valence-electron chi connectivity index (χ2n) is 4.48. The number of aryl methyl sites for hydroxylation is 1. The third-order valence-electron chi connectivity index (χ3n) is 3.09. The molecule has 5 heteroatoms. The number of halogens is 1. The van der Waals surface area contributed by atoms with Gasteiger partial charge >= 0.3 is 0 Å². The molecule has 0 heterocycles. The third kappa shape index (κ3) is 3.55. The van der Waals surface area contributed by atoms with Crippen molar-refractivity contribution >= 4 is 23.4 Å². The molecule has 0 radical (unpaired) electrons. The van der Waals surface area contributed by atoms with E-state index >= 15 is 0 Å². The van der Waals surface area contributed by atoms with E-state index < -0.39 is 0 Å². The molecule has 0 unspecified atom stereocenters. The number of rotatable bonds is 4. The van der Waals surface area contributed by atoms with Crippen LogP contribution >= 0.6 is 11.8 Å². The van der Waals surface area contributed by atoms with Crippen LogP contribution in [0.2, 0.25) is 0 Å². The van der Waals surface area contributed by atoms with Crippen LogP contribution < -0.4 is 10.1 Å². The van der Waals surface area contributed by atoms with Crippen LogP contribution in [0.4, 0.5) is 10.1 Å². The Morgan fingerprint density at radius 1 is 1.24 bits per heavy atom. The highest BCUT2D eigenvalue weighted by atomic mass is 32.2. The highest BCUT2D eigenvalue weighted by molar-refractivity contribution is 7.98. The van der Waals surface area contributed by atoms with Crippen LogP contribution in [0.15, 0.2) is 41.3 Å². The molecule has 2 aromatic carbocycles. The lowest BCUT2D eigenvalue weighted by molar-refractivity contribution is 0.102. The quantitative estimate of drug-likeness (QED) is 0.864. The molecule has 0 fully saturated rings. The number of carbonyl (C=O) groups excluding carboxylic acids is 1. The third-order valence-corrected chi connectivity index (χ3v) is 3.82. The summed E-state index contributed by atoms with van der Waals surface area (Å²) in [5.74, 6) is -0.0965. The van der Waals surface area contributed by atoms with Crippen molar-refractivity contribution in [2.45, 2.75) is 11.8 Å². The minimum atomic E-state index is -0.326. The van der Waals surface area contributed by atoms with Crippen molar-refractivity contribution < 1.29 is 13.9 Å². The maximum absolute atomic E-state index is 13.1. The number of amides is 1. The zero-order valence-electron chi connectivity index (χ0n) is 12.1. The summed E-state index contributed by atoms with van der Waals surface area (Å²) in [6.07, 6.45) is 1.95. The van der Waals surface area contributed by atoms with Gasteiger partial charge in [0.1, 0.15) is 11.6 Å². The van der Waals surface area contributed by atoms with Crippen molar-refractivity contribution in [3.63, 3.8) is 0 Å². The first-order valence-corrected chi connectivity index (χ1v) is 7.57. The van der Waals surface area contributed by atoms with E-state index in [0.717, 1.165) is 4.90 Å². The molecule has 2 rings (SSSR count). The Hall–Kier alpha value is -2.01. The monoisotopic (exact) mass is 305 g/mol. The van der Waals surface area contributed by atoms with E-state index in [1.807, 2.05) is 18.4 Å². The van der Waals surface area contributed by atoms with E-state index in [-0.39, 0.29) is 11.7 Å². The second kappa shape index (κ2) is 6.63. The molecule has 0 spiro atoms. The van der Waals surface area contributed by atoms with E-state index in [0.29, 0.717) is 22.6 Å². The van der Waals surface area contributed by atoms with Crippen molar-refractivity contribution in [1.82, 2.24) is 0 Å². The van der Waals surface area contributed by atoms with Crippen LogP contribution in [0.3, 0.4) is 0 Å². The Labute approximate surface area is 127 Å². The molecule has 0 saturated carbocycles. The van der Waals surface area contributed by atoms with Crippen molar-refractivity contribution in [1.29, 1.82) is 0 Å². The summed E-state index contributed by atoms with van der Waals surface area (Å²) in [4.78, 5) is 13.4. The van der Waals surface area contributed by atoms with Gasteiger partial charge in [0.2, 0.25) is 0 Å². The number of anilines is 1. The smallest absolute Gasteiger partial charge is 0.259 e. The molecule has 0 atom stereocenters. The Balaban J connectivity index is 2.28. The molecular formula is C16H16FNO2S. The fourth-order valence-electron chi connectivity index (χ4n) is 1.94. The molecule has 0 aromatic heterocycles. The molecule has 0 aliphatic carbocycles. The van der Waals surface area contributed by atoms with Crippen LogP contribution in [0.1, 0.15) is 15.9 Å². The number of hydrogen-bond acceptors (Lipinski definition) is 3. The lowest BCUT2D eigenvalue weighted by atomic mass is 10.1. The highest BCUT2D eigenvalue weighted by Gasteiger charge is 2.14. The van der Waals surface area contributed by atoms with Gasteiger partial charge in [-0.15, -0.1) is 11.8 Å². The summed E-state index contributed by atoms with van der Waals surface area (Å²) in [7, 11) is 1.53. The van der Waals surface area contributed by atoms with Crippen molar-refractivity contribution in [3.05, 3.63) is 53.3 Å². The number of ether oxygens (including phenoxy) is 1. The first kappa shape index (κ1) is 15.4. The summed E-state index contributed by atoms with van der Waals surface area (Å²) >= 11 is 1.57. The Morgan fingerprint density at radius 3 is 2.62 bits per heavy atom. The first-order valence-electron chi connectivity index (χ1n) is 6.34. The fourth-order valence-corrected chi connectivity index (χ4v) is 2.37. The molecule has 0 bridgehead atoms. The lowest BCUT2D eigenvalue weighted by Gasteiger charge is -2.12. The Kier molecular flexibility index (Phi) is 4.85. The van der Waals surface area contributed by atoms with Gasteiger partial charge in [0.25, 0.3) is 5.91 Å². The zero-order chi connectivity index (χ0) is 15.4. The molecule has 0 aliphatic rings. The molecule has 21 heavy (non-hydrogen) atoms. The highest BCUT2D eigenvalue weighted by Crippen LogP contribution is 2.26. The van der Waals surface area contributed by atoms with Gasteiger partial charge in [0.15, 0.2) is 0 Å². The van der Waals surface area contributed by atoms with E-state index in [4.69, 9.17) is 4.74 Å². The second-order valence-corrected chi connectivity index (χ2v) is 5.36. The van der Waals surface area contributed by atoms with E-state index in [2.05, 4.69) is 5.32 Å². The van der Waals surface area contributed by atoms with Crippen LogP contribution in [-0.2, 0) is 0 Å². The molecular weight excluding hydrogens is 289 g/mol. The summed E-state index contributed by atoms with van der Waals surface area (Å²) in [6.45, 7) is 1.74. The average Bonchev–Trinajstić information content (AvgIpc) is 2.49. The minimum Gasteiger partial charge on any atom is -0.496 e. The van der Waals surface area contributed by atoms with E-state index in [1.54, 1.807) is 30.8 Å². The largest absolute Gasteiger partial charge is 0.496 e. The van der Waals surface area contributed by atoms with E-state index in [9.17, 15) is 9.18 Å². The molecule has 1 amide bonds. The van der Waals surface area contributed by atoms with Crippen LogP contribution in [0.5, 0.6) is 5.75 Å². The summed E-state index contributed by atoms with van der Waals surface area (Å²) in [5, 5.41) is 2.77. The van der Waals surface area contributed by atoms with Gasteiger partial charge in [0.05, 0.1) is 12.7 Å². The van der Waals surface area contributed by atoms with Crippen LogP contribution in [0, 0.1) is 12.7 Å². The van der Waals surface area contributed by atoms with Gasteiger partial charge in [-0.2, -0.15) is 0 Å². The minimum absolute atomic E-state index is 0.283. The van der Waals surface area contributed by atoms with Gasteiger partial charge in [0, 0.05) is 10.6 Å². The fraction of sp³-hybridized carbons (Fsp3) is 0.188. The normalized spacial score (nSPS) is 10.3. The number of benzene rings is 2. The molecule has 3 nitrogen and oxygen atoms in total. The molecule has 0 saturated heterocycles. The number of methoxy groups -OCH3 is 1. The predicted molar refractivity (Wildman–Crippen MR) is 83.9 cm³/mol. The van der Waals surface area contributed by atoms with Crippen molar-refractivity contribution in [3.8, 4) is 5.75 Å². The standard InChI is InChI=1S/C16H16FNO2S/c1-10-8-11(17)4-7-14(10)18-16(19)13-6-5-12(21-3)9-15(13)20-2/h4-9H,1-3H3,(H,18,19). The number of carbonyl (C=O) groups is 1. The van der Waals surface area contributed by atoms with Gasteiger partial charge < -0.3 is 10.1 Å². The van der Waals surface area contributed by atoms with Crippen LogP contribution in [-0.4, -0.2) is 19.3 Å². The topological polar surface area (TPSA) is 38.3 Å². The number of thioether (sulfide) groups is 1. The number of hydrogen-bond donors (Lipinski definition) is 1. The van der Waals surface area contributed by atoms with Gasteiger partial charge in [-0.3, -0.25) is 4.79 Å². The van der Waals surface area contributed by atoms with Crippen molar-refractivity contribution in [2.24, 2.45) is 0 Å². The average molecular weight is 305 g/mol. The SMILES string of the molecule is COc1cc(SC)ccc1C(=O)Nc1ccc(F)cc1C. The lowest BCUT2D eigenvalue weighted by Crippen LogP contribution is -2.14. The maximum atomic E-state index is 13.1. The molecule has 2 aromatic rings. The molecule has 1 N–H and O–H groups in total. The zero-order valence-corrected chi connectivity index (χ0v) is 12.9. The van der Waals surface area contributed by atoms with Gasteiger partial charge in [-0.25, -0.2) is 4.39 Å². The Bertz CT molecular complexity index is 673. The van der Waals surface area contributed by atoms with E-state index in [1.165, 1.54) is 19.2 Å². The first-order chi connectivity index (χ1) is 10.0. The van der Waals surface area contributed by atoms with Gasteiger partial charge in [-0.05, 0) is 55.1 Å². The predicted octanol–water partition coefficient (Wildman–Crippen LogP) is 4.12. The molecule has 110 valence electrons. The summed E-state index contributed by atoms with van der Waals surface area (Å²) in [5.41, 5.74) is 1.69. The van der Waals surface area contributed by atoms with Gasteiger partial charge in [-0.1, -0.05) is 0 Å². The summed E-state index contributed by atoms with van der Waals surface area (Å²) < 4.78 is 18.3. The van der Waals surface area contributed by atoms with Crippen molar-refractivity contribution in [2.75, 3.05) is 18.7 Å². The van der Waals surface area contributed by atoms with Crippen LogP contribution in [0.25, 0.3) is 0 Å².